The van der Waals surface area contributed by atoms with Gasteiger partial charge in [-0.25, -0.2) is 0 Å². The number of hydrogen-bond donors (Lipinski definition) is 17. The minimum absolute atomic E-state index is 0.0381. The number of hydrogen-bond acceptors (Lipinski definition) is 20. The SMILES string of the molecule is CCCCc1ccc(CNCCCCCCNC(=O)C2NC(=O)C3NC(=O)C(NC(=O)C4NC(=O)C5NC(=O)C(NC(=O)C(N)c6ccc(O)c(c6)Oc6cc(O)cc5c6)C(O)c5ccc(c(Cl)c5)Oc5cc4cc(c5O)Oc4ccc(cc4Cl)C3O)c3cccc(O)c3-c3c(O)cc(O)cc32)cc1. The maximum absolute atomic E-state index is 16.1. The fraction of sp³-hybridized carbons (Fsp3) is 0.267. The van der Waals surface area contributed by atoms with Gasteiger partial charge in [0.25, 0.3) is 0 Å². The lowest BCUT2D eigenvalue weighted by Crippen LogP contribution is -2.56. The van der Waals surface area contributed by atoms with Crippen molar-refractivity contribution in [2.75, 3.05) is 13.1 Å². The van der Waals surface area contributed by atoms with Crippen LogP contribution in [0.1, 0.15) is 138 Å². The summed E-state index contributed by atoms with van der Waals surface area (Å²) in [5.74, 6) is -14.9. The number of aryl methyl sites for hydroxylation is 1. The Morgan fingerprint density at radius 3 is 1.66 bits per heavy atom. The number of aliphatic hydroxyl groups is 2. The molecule has 0 saturated carbocycles. The molecular formula is C75H73Cl2N9O18. The second kappa shape index (κ2) is 31.1. The molecule has 0 radical (unpaired) electrons. The van der Waals surface area contributed by atoms with Gasteiger partial charge in [0.1, 0.15) is 94.7 Å². The van der Waals surface area contributed by atoms with E-state index < -0.39 is 159 Å². The summed E-state index contributed by atoms with van der Waals surface area (Å²) in [7, 11) is 0. The first-order valence-electron chi connectivity index (χ1n) is 33.5. The van der Waals surface area contributed by atoms with Gasteiger partial charge in [-0.05, 0) is 155 Å². The summed E-state index contributed by atoms with van der Waals surface area (Å²) in [4.78, 5) is 107. The van der Waals surface area contributed by atoms with E-state index in [9.17, 15) is 50.4 Å². The molecule has 0 fully saturated rings. The molecule has 8 aromatic rings. The molecule has 0 saturated heterocycles. The molecule has 14 rings (SSSR count). The number of carbonyl (C=O) groups excluding carboxylic acids is 7. The summed E-state index contributed by atoms with van der Waals surface area (Å²) in [6.45, 7) is 3.63. The second-order valence-electron chi connectivity index (χ2n) is 25.6. The molecule has 15 bridgehead atoms. The van der Waals surface area contributed by atoms with Gasteiger partial charge in [-0.2, -0.15) is 0 Å². The summed E-state index contributed by atoms with van der Waals surface area (Å²) in [6, 6.07) is 15.8. The highest BCUT2D eigenvalue weighted by atomic mass is 35.5. The molecule has 8 aromatic carbocycles. The summed E-state index contributed by atoms with van der Waals surface area (Å²) in [6.07, 6.45) is 1.82. The Morgan fingerprint density at radius 1 is 0.471 bits per heavy atom. The molecule has 27 nitrogen and oxygen atoms in total. The molecule has 6 aliphatic heterocycles. The number of phenolic OH excluding ortho intramolecular Hbond substituents is 6. The van der Waals surface area contributed by atoms with Crippen LogP contribution in [0.5, 0.6) is 69.0 Å². The van der Waals surface area contributed by atoms with Crippen molar-refractivity contribution in [3.63, 3.8) is 0 Å². The molecule has 29 heteroatoms. The van der Waals surface area contributed by atoms with E-state index in [1.165, 1.54) is 54.1 Å². The van der Waals surface area contributed by atoms with Crippen molar-refractivity contribution in [2.24, 2.45) is 5.73 Å². The van der Waals surface area contributed by atoms with Crippen molar-refractivity contribution in [3.05, 3.63) is 200 Å². The van der Waals surface area contributed by atoms with E-state index in [1.54, 1.807) is 0 Å². The normalized spacial score (nSPS) is 20.8. The molecule has 0 aromatic heterocycles. The van der Waals surface area contributed by atoms with Crippen LogP contribution >= 0.6 is 23.2 Å². The summed E-state index contributed by atoms with van der Waals surface area (Å²) in [5, 5.41) is 116. The number of ether oxygens (including phenoxy) is 3. The Morgan fingerprint density at radius 2 is 1.02 bits per heavy atom. The number of aromatic hydroxyl groups is 6. The number of halogens is 2. The first-order valence-corrected chi connectivity index (χ1v) is 34.2. The van der Waals surface area contributed by atoms with Crippen molar-refractivity contribution < 1.29 is 88.6 Å². The highest BCUT2D eigenvalue weighted by Gasteiger charge is 2.43. The van der Waals surface area contributed by atoms with Crippen LogP contribution in [0.15, 0.2) is 140 Å². The molecular weight excluding hydrogens is 1390 g/mol. The zero-order valence-corrected chi connectivity index (χ0v) is 57.1. The maximum Gasteiger partial charge on any atom is 0.248 e. The minimum Gasteiger partial charge on any atom is -0.508 e. The Bertz CT molecular complexity index is 4700. The Hall–Kier alpha value is -11.3. The molecule has 9 atom stereocenters. The van der Waals surface area contributed by atoms with Crippen LogP contribution in [-0.4, -0.2) is 107 Å². The van der Waals surface area contributed by atoms with Crippen LogP contribution in [0.3, 0.4) is 0 Å². The number of fused-ring (bicyclic) bond motifs is 13. The van der Waals surface area contributed by atoms with Gasteiger partial charge in [0.15, 0.2) is 23.0 Å². The standard InChI is InChI=1S/C75H73Cl2N9O18/c1-2-3-9-35-12-14-36(15-13-35)34-79-22-6-4-5-7-23-80-70(96)63-46-32-43(88)33-51(91)58(46)57-45(10-8-11-50(57)90)62-73(99)86-65(75(101)84-63)67(93)39-18-21-53(48(77)27-39)104-56-30-41-29-55(68(56)94)103-52-20-17-38(26-47(52)76)66(92)64-74(100)82-60(71(97)81-61(41)72(98)83-62)40-24-42(87)31-44(25-40)102-54-28-37(16-19-49(54)89)59(78)69(95)85-64/h8,10-21,24-33,59-67,79,87-94H,2-7,9,22-23,34,78H2,1H3,(H,80,96)(H,81,97)(H,82,100)(H,83,98)(H,84,101)(H,85,95)(H,86,99). The van der Waals surface area contributed by atoms with E-state index in [0.29, 0.717) is 19.4 Å². The predicted octanol–water partition coefficient (Wildman–Crippen LogP) is 8.20. The molecule has 6 heterocycles. The average molecular weight is 1460 g/mol. The third-order valence-electron chi connectivity index (χ3n) is 18.3. The van der Waals surface area contributed by atoms with Gasteiger partial charge >= 0.3 is 0 Å². The molecule has 6 aliphatic rings. The zero-order valence-electron chi connectivity index (χ0n) is 55.5. The molecule has 9 unspecified atom stereocenters. The smallest absolute Gasteiger partial charge is 0.248 e. The quantitative estimate of drug-likeness (QED) is 0.0483. The van der Waals surface area contributed by atoms with E-state index >= 15 is 24.0 Å². The van der Waals surface area contributed by atoms with Crippen LogP contribution < -0.4 is 62.5 Å². The van der Waals surface area contributed by atoms with Gasteiger partial charge in [-0.15, -0.1) is 0 Å². The number of phenols is 6. The van der Waals surface area contributed by atoms with Gasteiger partial charge in [0.05, 0.1) is 10.0 Å². The number of benzene rings is 8. The maximum atomic E-state index is 16.1. The molecule has 540 valence electrons. The summed E-state index contributed by atoms with van der Waals surface area (Å²) < 4.78 is 18.6. The van der Waals surface area contributed by atoms with Crippen LogP contribution in [-0.2, 0) is 46.5 Å². The monoisotopic (exact) mass is 1460 g/mol. The molecule has 7 amide bonds. The molecule has 104 heavy (non-hydrogen) atoms. The van der Waals surface area contributed by atoms with Crippen molar-refractivity contribution in [3.8, 4) is 80.1 Å². The first kappa shape index (κ1) is 72.5. The lowest BCUT2D eigenvalue weighted by atomic mass is 9.87. The van der Waals surface area contributed by atoms with Crippen LogP contribution in [0.4, 0.5) is 0 Å². The van der Waals surface area contributed by atoms with Gasteiger partial charge in [-0.1, -0.05) is 104 Å². The van der Waals surface area contributed by atoms with Gasteiger partial charge in [0, 0.05) is 36.3 Å². The van der Waals surface area contributed by atoms with E-state index in [0.717, 1.165) is 111 Å². The summed E-state index contributed by atoms with van der Waals surface area (Å²) >= 11 is 13.8. The zero-order chi connectivity index (χ0) is 73.8. The van der Waals surface area contributed by atoms with Crippen molar-refractivity contribution in [1.82, 2.24) is 42.5 Å². The van der Waals surface area contributed by atoms with Gasteiger partial charge < -0.3 is 103 Å². The van der Waals surface area contributed by atoms with E-state index in [2.05, 4.69) is 73.7 Å². The number of rotatable bonds is 13. The molecule has 0 spiro atoms. The largest absolute Gasteiger partial charge is 0.508 e. The third kappa shape index (κ3) is 15.7. The van der Waals surface area contributed by atoms with Crippen LogP contribution in [0, 0.1) is 0 Å². The average Bonchev–Trinajstić information content (AvgIpc) is 1.11. The molecule has 0 aliphatic carbocycles. The Balaban J connectivity index is 0.963. The Labute approximate surface area is 604 Å². The summed E-state index contributed by atoms with van der Waals surface area (Å²) in [5.41, 5.74) is 6.28. The topological polar surface area (TPSA) is 431 Å². The van der Waals surface area contributed by atoms with Crippen molar-refractivity contribution in [1.29, 1.82) is 0 Å². The first-order chi connectivity index (χ1) is 49.9. The fourth-order valence-corrected chi connectivity index (χ4v) is 13.3. The highest BCUT2D eigenvalue weighted by molar-refractivity contribution is 6.32. The predicted molar refractivity (Wildman–Crippen MR) is 377 cm³/mol. The van der Waals surface area contributed by atoms with E-state index in [4.69, 9.17) is 43.1 Å². The number of aliphatic hydroxyl groups excluding tert-OH is 2. The second-order valence-corrected chi connectivity index (χ2v) is 26.4. The van der Waals surface area contributed by atoms with E-state index in [-0.39, 0.29) is 73.0 Å². The molecule has 18 N–H and O–H groups in total. The van der Waals surface area contributed by atoms with Crippen LogP contribution in [0.2, 0.25) is 10.0 Å². The van der Waals surface area contributed by atoms with Gasteiger partial charge in [0.2, 0.25) is 47.1 Å². The lowest BCUT2D eigenvalue weighted by molar-refractivity contribution is -0.137. The van der Waals surface area contributed by atoms with Crippen molar-refractivity contribution >= 4 is 64.6 Å². The van der Waals surface area contributed by atoms with E-state index in [1.807, 2.05) is 0 Å². The Kier molecular flexibility index (Phi) is 21.7. The number of carbonyl (C=O) groups is 7. The number of amides is 7. The minimum atomic E-state index is -2.26. The lowest BCUT2D eigenvalue weighted by Gasteiger charge is -2.31. The van der Waals surface area contributed by atoms with Crippen LogP contribution in [0.25, 0.3) is 11.1 Å². The fourth-order valence-electron chi connectivity index (χ4n) is 12.9. The third-order valence-corrected chi connectivity index (χ3v) is 18.9. The number of nitrogens with two attached hydrogens (primary N) is 1. The van der Waals surface area contributed by atoms with Gasteiger partial charge in [-0.3, -0.25) is 33.6 Å². The number of unbranched alkanes of at least 4 members (excludes halogenated alkanes) is 4. The van der Waals surface area contributed by atoms with Crippen molar-refractivity contribution in [2.45, 2.75) is 113 Å². The highest BCUT2D eigenvalue weighted by Crippen LogP contribution is 2.49. The number of nitrogens with one attached hydrogen (secondary N) is 8.